The summed E-state index contributed by atoms with van der Waals surface area (Å²) in [6.45, 7) is 2.63. The van der Waals surface area contributed by atoms with Crippen molar-refractivity contribution in [3.63, 3.8) is 0 Å². The number of hydrogen-bond acceptors (Lipinski definition) is 4. The molecule has 7 heteroatoms. The molecule has 146 valence electrons. The van der Waals surface area contributed by atoms with Gasteiger partial charge in [-0.3, -0.25) is 4.79 Å². The second kappa shape index (κ2) is 7.42. The molecule has 0 atom stereocenters. The van der Waals surface area contributed by atoms with E-state index >= 15 is 0 Å². The number of aromatic amines is 1. The Morgan fingerprint density at radius 1 is 0.964 bits per heavy atom. The van der Waals surface area contributed by atoms with Crippen molar-refractivity contribution in [3.8, 4) is 11.5 Å². The fraction of sp³-hybridized carbons (Fsp3) is 0.286. The van der Waals surface area contributed by atoms with Gasteiger partial charge in [-0.25, -0.2) is 4.39 Å². The number of piperazine rings is 1. The molecule has 28 heavy (non-hydrogen) atoms. The van der Waals surface area contributed by atoms with Crippen LogP contribution in [0.15, 0.2) is 42.5 Å². The Bertz CT molecular complexity index is 951. The van der Waals surface area contributed by atoms with Gasteiger partial charge in [0.2, 0.25) is 0 Å². The third-order valence-corrected chi connectivity index (χ3v) is 5.11. The third-order valence-electron chi connectivity index (χ3n) is 5.11. The standard InChI is InChI=1S/C21H22FN3O3/c1-27-19-12-14-11-18(23-17(14)13-20(19)28-2)21(26)25-9-7-24(8-10-25)16-5-3-15(22)4-6-16/h3-6,11-13,23H,7-10H2,1-2H3. The molecule has 0 spiro atoms. The third kappa shape index (κ3) is 3.35. The minimum absolute atomic E-state index is 0.0344. The molecule has 1 fully saturated rings. The molecule has 2 heterocycles. The number of nitrogens with zero attached hydrogens (tertiary/aromatic N) is 2. The molecule has 3 aromatic rings. The van der Waals surface area contributed by atoms with Gasteiger partial charge in [0.15, 0.2) is 11.5 Å². The highest BCUT2D eigenvalue weighted by Gasteiger charge is 2.24. The number of aromatic nitrogens is 1. The first-order valence-corrected chi connectivity index (χ1v) is 9.13. The van der Waals surface area contributed by atoms with Gasteiger partial charge in [-0.05, 0) is 36.4 Å². The van der Waals surface area contributed by atoms with Crippen LogP contribution in [0.1, 0.15) is 10.5 Å². The van der Waals surface area contributed by atoms with E-state index in [1.54, 1.807) is 26.4 Å². The first-order chi connectivity index (χ1) is 13.6. The summed E-state index contributed by atoms with van der Waals surface area (Å²) in [5, 5.41) is 0.894. The number of ether oxygens (including phenoxy) is 2. The van der Waals surface area contributed by atoms with Crippen molar-refractivity contribution in [2.75, 3.05) is 45.3 Å². The topological polar surface area (TPSA) is 57.8 Å². The van der Waals surface area contributed by atoms with Gasteiger partial charge < -0.3 is 24.3 Å². The highest BCUT2D eigenvalue weighted by Crippen LogP contribution is 2.32. The zero-order chi connectivity index (χ0) is 19.7. The van der Waals surface area contributed by atoms with Crippen molar-refractivity contribution in [2.45, 2.75) is 0 Å². The molecule has 0 saturated carbocycles. The van der Waals surface area contributed by atoms with Gasteiger partial charge in [-0.15, -0.1) is 0 Å². The Labute approximate surface area is 162 Å². The van der Waals surface area contributed by atoms with Gasteiger partial charge in [-0.1, -0.05) is 0 Å². The largest absolute Gasteiger partial charge is 0.493 e. The summed E-state index contributed by atoms with van der Waals surface area (Å²) in [4.78, 5) is 20.1. The summed E-state index contributed by atoms with van der Waals surface area (Å²) in [6, 6.07) is 12.0. The van der Waals surface area contributed by atoms with Crippen LogP contribution in [0.2, 0.25) is 0 Å². The molecule has 1 aliphatic heterocycles. The van der Waals surface area contributed by atoms with Gasteiger partial charge in [0.25, 0.3) is 5.91 Å². The number of benzene rings is 2. The maximum atomic E-state index is 13.1. The molecule has 0 aliphatic carbocycles. The smallest absolute Gasteiger partial charge is 0.270 e. The lowest BCUT2D eigenvalue weighted by molar-refractivity contribution is 0.0742. The second-order valence-electron chi connectivity index (χ2n) is 6.73. The van der Waals surface area contributed by atoms with Crippen LogP contribution in [-0.2, 0) is 0 Å². The lowest BCUT2D eigenvalue weighted by Crippen LogP contribution is -2.48. The Balaban J connectivity index is 1.48. The van der Waals surface area contributed by atoms with Crippen molar-refractivity contribution in [3.05, 3.63) is 54.0 Å². The molecule has 0 unspecified atom stereocenters. The molecule has 1 aromatic heterocycles. The minimum atomic E-state index is -0.246. The lowest BCUT2D eigenvalue weighted by Gasteiger charge is -2.36. The first-order valence-electron chi connectivity index (χ1n) is 9.13. The molecule has 1 aliphatic rings. The average Bonchev–Trinajstić information content (AvgIpc) is 3.15. The predicted molar refractivity (Wildman–Crippen MR) is 106 cm³/mol. The van der Waals surface area contributed by atoms with Crippen LogP contribution < -0.4 is 14.4 Å². The van der Waals surface area contributed by atoms with E-state index in [1.165, 1.54) is 12.1 Å². The van der Waals surface area contributed by atoms with E-state index in [9.17, 15) is 9.18 Å². The van der Waals surface area contributed by atoms with Crippen LogP contribution in [-0.4, -0.2) is 56.2 Å². The number of H-pyrrole nitrogens is 1. The fourth-order valence-electron chi connectivity index (χ4n) is 3.56. The number of carbonyl (C=O) groups excluding carboxylic acids is 1. The van der Waals surface area contributed by atoms with Crippen molar-refractivity contribution < 1.29 is 18.7 Å². The van der Waals surface area contributed by atoms with Gasteiger partial charge >= 0.3 is 0 Å². The summed E-state index contributed by atoms with van der Waals surface area (Å²) in [6.07, 6.45) is 0. The molecule has 1 saturated heterocycles. The Morgan fingerprint density at radius 3 is 2.25 bits per heavy atom. The number of anilines is 1. The van der Waals surface area contributed by atoms with Crippen molar-refractivity contribution >= 4 is 22.5 Å². The maximum Gasteiger partial charge on any atom is 0.270 e. The number of amides is 1. The normalized spacial score (nSPS) is 14.4. The van der Waals surface area contributed by atoms with Crippen LogP contribution in [0.4, 0.5) is 10.1 Å². The number of fused-ring (bicyclic) bond motifs is 1. The van der Waals surface area contributed by atoms with Crippen LogP contribution in [0.5, 0.6) is 11.5 Å². The Kier molecular flexibility index (Phi) is 4.81. The fourth-order valence-corrected chi connectivity index (χ4v) is 3.56. The van der Waals surface area contributed by atoms with E-state index in [0.717, 1.165) is 16.6 Å². The summed E-state index contributed by atoms with van der Waals surface area (Å²) >= 11 is 0. The number of halogens is 1. The molecule has 6 nitrogen and oxygen atoms in total. The molecule has 1 amide bonds. The first kappa shape index (κ1) is 18.2. The Hall–Kier alpha value is -3.22. The molecular weight excluding hydrogens is 361 g/mol. The highest BCUT2D eigenvalue weighted by atomic mass is 19.1. The van der Waals surface area contributed by atoms with Gasteiger partial charge in [0.1, 0.15) is 11.5 Å². The minimum Gasteiger partial charge on any atom is -0.493 e. The molecule has 0 radical (unpaired) electrons. The van der Waals surface area contributed by atoms with E-state index in [2.05, 4.69) is 9.88 Å². The number of carbonyl (C=O) groups is 1. The monoisotopic (exact) mass is 383 g/mol. The van der Waals surface area contributed by atoms with Gasteiger partial charge in [-0.2, -0.15) is 0 Å². The summed E-state index contributed by atoms with van der Waals surface area (Å²) in [7, 11) is 3.17. The maximum absolute atomic E-state index is 13.1. The predicted octanol–water partition coefficient (Wildman–Crippen LogP) is 3.29. The molecule has 2 aromatic carbocycles. The number of rotatable bonds is 4. The number of methoxy groups -OCH3 is 2. The van der Waals surface area contributed by atoms with Crippen molar-refractivity contribution in [1.82, 2.24) is 9.88 Å². The summed E-state index contributed by atoms with van der Waals surface area (Å²) in [5.41, 5.74) is 2.34. The van der Waals surface area contributed by atoms with Gasteiger partial charge in [0, 0.05) is 48.8 Å². The van der Waals surface area contributed by atoms with Crippen molar-refractivity contribution in [1.29, 1.82) is 0 Å². The number of nitrogens with one attached hydrogen (secondary N) is 1. The molecule has 4 rings (SSSR count). The van der Waals surface area contributed by atoms with Crippen molar-refractivity contribution in [2.24, 2.45) is 0 Å². The van der Waals surface area contributed by atoms with E-state index in [1.807, 2.05) is 23.1 Å². The Morgan fingerprint density at radius 2 is 1.61 bits per heavy atom. The van der Waals surface area contributed by atoms with E-state index < -0.39 is 0 Å². The average molecular weight is 383 g/mol. The van der Waals surface area contributed by atoms with Crippen LogP contribution in [0, 0.1) is 5.82 Å². The lowest BCUT2D eigenvalue weighted by atomic mass is 10.2. The van der Waals surface area contributed by atoms with Crippen LogP contribution in [0.3, 0.4) is 0 Å². The van der Waals surface area contributed by atoms with Crippen LogP contribution in [0.25, 0.3) is 10.9 Å². The highest BCUT2D eigenvalue weighted by molar-refractivity contribution is 5.98. The SMILES string of the molecule is COc1cc2cc(C(=O)N3CCN(c4ccc(F)cc4)CC3)[nH]c2cc1OC. The van der Waals surface area contributed by atoms with Gasteiger partial charge in [0.05, 0.1) is 14.2 Å². The zero-order valence-corrected chi connectivity index (χ0v) is 15.9. The van der Waals surface area contributed by atoms with E-state index in [0.29, 0.717) is 43.4 Å². The van der Waals surface area contributed by atoms with E-state index in [-0.39, 0.29) is 11.7 Å². The van der Waals surface area contributed by atoms with E-state index in [4.69, 9.17) is 9.47 Å². The summed E-state index contributed by atoms with van der Waals surface area (Å²) < 4.78 is 23.8. The quantitative estimate of drug-likeness (QED) is 0.751. The summed E-state index contributed by atoms with van der Waals surface area (Å²) in [5.74, 6) is 0.960. The second-order valence-corrected chi connectivity index (χ2v) is 6.73. The zero-order valence-electron chi connectivity index (χ0n) is 15.9. The van der Waals surface area contributed by atoms with Crippen LogP contribution >= 0.6 is 0 Å². The molecule has 0 bridgehead atoms. The molecular formula is C21H22FN3O3. The number of hydrogen-bond donors (Lipinski definition) is 1. The molecule has 1 N–H and O–H groups in total.